The van der Waals surface area contributed by atoms with Crippen molar-refractivity contribution in [2.75, 3.05) is 5.32 Å². The molecule has 176 valence electrons. The largest absolute Gasteiger partial charge is 0.349 e. The van der Waals surface area contributed by atoms with Crippen molar-refractivity contribution in [2.24, 2.45) is 0 Å². The zero-order chi connectivity index (χ0) is 24.3. The number of nitrogens with one attached hydrogen (secondary N) is 3. The van der Waals surface area contributed by atoms with E-state index in [-0.39, 0.29) is 12.3 Å². The molecule has 8 heteroatoms. The van der Waals surface area contributed by atoms with Crippen molar-refractivity contribution in [1.29, 1.82) is 0 Å². The number of fused-ring (bicyclic) bond motifs is 2. The van der Waals surface area contributed by atoms with Crippen molar-refractivity contribution in [3.05, 3.63) is 109 Å². The molecule has 0 atom stereocenters. The van der Waals surface area contributed by atoms with Gasteiger partial charge in [0.15, 0.2) is 11.6 Å². The molecule has 0 unspecified atom stereocenters. The van der Waals surface area contributed by atoms with Crippen molar-refractivity contribution in [3.8, 4) is 5.82 Å². The third-order valence-corrected chi connectivity index (χ3v) is 5.98. The van der Waals surface area contributed by atoms with Gasteiger partial charge in [0, 0.05) is 17.3 Å². The number of hydrogen-bond acceptors (Lipinski definition) is 5. The summed E-state index contributed by atoms with van der Waals surface area (Å²) < 4.78 is 1.97. The van der Waals surface area contributed by atoms with Gasteiger partial charge in [-0.15, -0.1) is 10.2 Å². The van der Waals surface area contributed by atoms with Gasteiger partial charge in [0.05, 0.1) is 29.5 Å². The average Bonchev–Trinajstić information content (AvgIpc) is 3.50. The van der Waals surface area contributed by atoms with Crippen molar-refractivity contribution in [3.63, 3.8) is 0 Å². The van der Waals surface area contributed by atoms with E-state index in [9.17, 15) is 4.79 Å². The minimum Gasteiger partial charge on any atom is -0.349 e. The molecular formula is C28H23N7O. The Labute approximate surface area is 207 Å². The second-order valence-electron chi connectivity index (χ2n) is 8.46. The minimum absolute atomic E-state index is 0.0770. The molecule has 8 nitrogen and oxygen atoms in total. The normalized spacial score (nSPS) is 11.1. The Bertz CT molecular complexity index is 1620. The first-order valence-corrected chi connectivity index (χ1v) is 11.7. The van der Waals surface area contributed by atoms with Crippen molar-refractivity contribution < 1.29 is 4.79 Å². The second kappa shape index (κ2) is 9.34. The van der Waals surface area contributed by atoms with E-state index in [1.165, 1.54) is 0 Å². The highest BCUT2D eigenvalue weighted by Crippen LogP contribution is 2.25. The number of rotatable bonds is 7. The van der Waals surface area contributed by atoms with Gasteiger partial charge in [-0.1, -0.05) is 48.5 Å². The SMILES string of the molecule is O=C(Cc1cn(-c2ccc(Nc3ccccc3)nn2)c2ccccc12)NCc1nc2ccccc2[nH]1. The van der Waals surface area contributed by atoms with Crippen LogP contribution in [0.2, 0.25) is 0 Å². The molecule has 0 saturated carbocycles. The molecule has 0 spiro atoms. The first kappa shape index (κ1) is 21.5. The number of benzene rings is 3. The van der Waals surface area contributed by atoms with E-state index >= 15 is 0 Å². The first-order chi connectivity index (χ1) is 17.7. The van der Waals surface area contributed by atoms with Crippen LogP contribution in [0.15, 0.2) is 97.2 Å². The van der Waals surface area contributed by atoms with Crippen LogP contribution in [0.4, 0.5) is 11.5 Å². The van der Waals surface area contributed by atoms with E-state index in [1.54, 1.807) is 0 Å². The fourth-order valence-electron chi connectivity index (χ4n) is 4.28. The summed E-state index contributed by atoms with van der Waals surface area (Å²) >= 11 is 0. The Morgan fingerprint density at radius 1 is 0.861 bits per heavy atom. The van der Waals surface area contributed by atoms with Crippen LogP contribution in [0, 0.1) is 0 Å². The summed E-state index contributed by atoms with van der Waals surface area (Å²) in [4.78, 5) is 20.6. The van der Waals surface area contributed by atoms with Gasteiger partial charge in [0.2, 0.25) is 5.91 Å². The maximum atomic E-state index is 12.8. The number of hydrogen-bond donors (Lipinski definition) is 3. The summed E-state index contributed by atoms with van der Waals surface area (Å²) in [5.74, 6) is 1.99. The van der Waals surface area contributed by atoms with Gasteiger partial charge in [0.25, 0.3) is 0 Å². The molecule has 3 N–H and O–H groups in total. The standard InChI is InChI=1S/C28H23N7O/c36-28(29-17-26-31-22-11-5-6-12-23(22)32-26)16-19-18-35(24-13-7-4-10-21(19)24)27-15-14-25(33-34-27)30-20-8-2-1-3-9-20/h1-15,18H,16-17H2,(H,29,36)(H,30,33)(H,31,32). The Hall–Kier alpha value is -4.98. The number of carbonyl (C=O) groups excluding carboxylic acids is 1. The molecule has 0 saturated heterocycles. The van der Waals surface area contributed by atoms with E-state index in [4.69, 9.17) is 0 Å². The lowest BCUT2D eigenvalue weighted by Crippen LogP contribution is -2.25. The fourth-order valence-corrected chi connectivity index (χ4v) is 4.28. The van der Waals surface area contributed by atoms with E-state index in [1.807, 2.05) is 102 Å². The molecule has 0 aliphatic carbocycles. The van der Waals surface area contributed by atoms with Crippen LogP contribution in [0.1, 0.15) is 11.4 Å². The Balaban J connectivity index is 1.19. The van der Waals surface area contributed by atoms with Gasteiger partial charge < -0.3 is 15.6 Å². The quantitative estimate of drug-likeness (QED) is 0.306. The zero-order valence-corrected chi connectivity index (χ0v) is 19.3. The smallest absolute Gasteiger partial charge is 0.224 e. The molecule has 3 heterocycles. The summed E-state index contributed by atoms with van der Waals surface area (Å²) in [7, 11) is 0. The molecule has 0 aliphatic heterocycles. The molecule has 0 bridgehead atoms. The van der Waals surface area contributed by atoms with Gasteiger partial charge in [-0.05, 0) is 48.0 Å². The number of nitrogens with zero attached hydrogens (tertiary/aromatic N) is 4. The van der Waals surface area contributed by atoms with Gasteiger partial charge in [-0.2, -0.15) is 0 Å². The molecule has 0 fully saturated rings. The van der Waals surface area contributed by atoms with Gasteiger partial charge in [-0.25, -0.2) is 4.98 Å². The van der Waals surface area contributed by atoms with Crippen LogP contribution in [0.25, 0.3) is 27.8 Å². The predicted molar refractivity (Wildman–Crippen MR) is 140 cm³/mol. The molecule has 0 aliphatic rings. The first-order valence-electron chi connectivity index (χ1n) is 11.7. The third kappa shape index (κ3) is 4.39. The van der Waals surface area contributed by atoms with Crippen LogP contribution in [-0.2, 0) is 17.8 Å². The number of amides is 1. The van der Waals surface area contributed by atoms with Crippen LogP contribution in [0.3, 0.4) is 0 Å². The van der Waals surface area contributed by atoms with Gasteiger partial charge in [0.1, 0.15) is 5.82 Å². The van der Waals surface area contributed by atoms with Crippen molar-refractivity contribution >= 4 is 39.3 Å². The topological polar surface area (TPSA) is 101 Å². The molecule has 6 aromatic rings. The van der Waals surface area contributed by atoms with Gasteiger partial charge in [-0.3, -0.25) is 9.36 Å². The molecule has 1 amide bonds. The fraction of sp³-hybridized carbons (Fsp3) is 0.0714. The highest BCUT2D eigenvalue weighted by atomic mass is 16.1. The number of imidazole rings is 1. The Kier molecular flexibility index (Phi) is 5.59. The highest BCUT2D eigenvalue weighted by molar-refractivity contribution is 5.90. The maximum Gasteiger partial charge on any atom is 0.224 e. The van der Waals surface area contributed by atoms with Crippen LogP contribution in [-0.4, -0.2) is 30.6 Å². The monoisotopic (exact) mass is 473 g/mol. The summed E-state index contributed by atoms with van der Waals surface area (Å²) in [5.41, 5.74) is 4.67. The van der Waals surface area contributed by atoms with Crippen LogP contribution < -0.4 is 10.6 Å². The predicted octanol–water partition coefficient (Wildman–Crippen LogP) is 4.90. The summed E-state index contributed by atoms with van der Waals surface area (Å²) in [6.07, 6.45) is 2.20. The molecule has 3 aromatic heterocycles. The van der Waals surface area contributed by atoms with E-state index < -0.39 is 0 Å². The molecule has 36 heavy (non-hydrogen) atoms. The molecular weight excluding hydrogens is 450 g/mol. The zero-order valence-electron chi connectivity index (χ0n) is 19.3. The number of aromatic nitrogens is 5. The second-order valence-corrected chi connectivity index (χ2v) is 8.46. The van der Waals surface area contributed by atoms with Gasteiger partial charge >= 0.3 is 0 Å². The number of H-pyrrole nitrogens is 1. The summed E-state index contributed by atoms with van der Waals surface area (Å²) in [6.45, 7) is 0.341. The average molecular weight is 474 g/mol. The Morgan fingerprint density at radius 3 is 2.50 bits per heavy atom. The lowest BCUT2D eigenvalue weighted by atomic mass is 10.1. The summed E-state index contributed by atoms with van der Waals surface area (Å²) in [5, 5.41) is 16.0. The number of para-hydroxylation sites is 4. The number of carbonyl (C=O) groups is 1. The lowest BCUT2D eigenvalue weighted by molar-refractivity contribution is -0.120. The van der Waals surface area contributed by atoms with E-state index in [0.717, 1.165) is 39.0 Å². The van der Waals surface area contributed by atoms with Crippen molar-refractivity contribution in [1.82, 2.24) is 30.0 Å². The molecule has 3 aromatic carbocycles. The van der Waals surface area contributed by atoms with E-state index in [0.29, 0.717) is 18.2 Å². The van der Waals surface area contributed by atoms with Crippen LogP contribution in [0.5, 0.6) is 0 Å². The number of anilines is 2. The van der Waals surface area contributed by atoms with E-state index in [2.05, 4.69) is 30.8 Å². The lowest BCUT2D eigenvalue weighted by Gasteiger charge is -2.07. The third-order valence-electron chi connectivity index (χ3n) is 5.98. The molecule has 0 radical (unpaired) electrons. The molecule has 6 rings (SSSR count). The summed E-state index contributed by atoms with van der Waals surface area (Å²) in [6, 6.07) is 29.4. The highest BCUT2D eigenvalue weighted by Gasteiger charge is 2.14. The Morgan fingerprint density at radius 2 is 1.67 bits per heavy atom. The van der Waals surface area contributed by atoms with Crippen molar-refractivity contribution in [2.45, 2.75) is 13.0 Å². The maximum absolute atomic E-state index is 12.8. The number of aromatic amines is 1. The van der Waals surface area contributed by atoms with Crippen LogP contribution >= 0.6 is 0 Å². The minimum atomic E-state index is -0.0770.